The van der Waals surface area contributed by atoms with E-state index in [1.807, 2.05) is 0 Å². The van der Waals surface area contributed by atoms with Gasteiger partial charge in [0.15, 0.2) is 6.61 Å². The zero-order chi connectivity index (χ0) is 17.0. The molecule has 0 unspecified atom stereocenters. The number of amides is 1. The summed E-state index contributed by atoms with van der Waals surface area (Å²) in [6.45, 7) is 1.24. The van der Waals surface area contributed by atoms with Gasteiger partial charge in [-0.2, -0.15) is 0 Å². The fourth-order valence-corrected chi connectivity index (χ4v) is 2.31. The Bertz CT molecular complexity index is 741. The van der Waals surface area contributed by atoms with E-state index in [9.17, 15) is 14.7 Å². The number of carbonyl (C=O) groups is 2. The number of anilines is 1. The predicted octanol–water partition coefficient (Wildman–Crippen LogP) is 3.80. The Morgan fingerprint density at radius 3 is 2.43 bits per heavy atom. The van der Waals surface area contributed by atoms with Crippen molar-refractivity contribution in [2.45, 2.75) is 6.92 Å². The first kappa shape index (κ1) is 17.1. The third-order valence-electron chi connectivity index (χ3n) is 2.93. The molecule has 0 heterocycles. The van der Waals surface area contributed by atoms with Gasteiger partial charge in [-0.05, 0) is 36.8 Å². The number of esters is 1. The van der Waals surface area contributed by atoms with E-state index < -0.39 is 18.5 Å². The number of phenols is 1. The predicted molar refractivity (Wildman–Crippen MR) is 88.2 cm³/mol. The second-order valence-corrected chi connectivity index (χ2v) is 5.56. The van der Waals surface area contributed by atoms with Gasteiger partial charge < -0.3 is 15.2 Å². The van der Waals surface area contributed by atoms with Gasteiger partial charge in [-0.3, -0.25) is 4.79 Å². The SMILES string of the molecule is Cc1ccc(C(=O)OCC(=O)Nc2c(Cl)cccc2Cl)c(O)c1. The van der Waals surface area contributed by atoms with E-state index in [0.29, 0.717) is 0 Å². The summed E-state index contributed by atoms with van der Waals surface area (Å²) >= 11 is 11.9. The number of para-hydroxylation sites is 1. The Morgan fingerprint density at radius 2 is 1.83 bits per heavy atom. The average Bonchev–Trinajstić information content (AvgIpc) is 2.49. The lowest BCUT2D eigenvalue weighted by Gasteiger charge is -2.10. The molecule has 0 aromatic heterocycles. The first-order chi connectivity index (χ1) is 10.9. The number of aryl methyl sites for hydroxylation is 1. The molecule has 2 N–H and O–H groups in total. The molecule has 1 amide bonds. The van der Waals surface area contributed by atoms with Gasteiger partial charge in [-0.15, -0.1) is 0 Å². The smallest absolute Gasteiger partial charge is 0.342 e. The second-order valence-electron chi connectivity index (χ2n) is 4.74. The number of ether oxygens (including phenoxy) is 1. The molecule has 0 saturated heterocycles. The minimum absolute atomic E-state index is 0.0147. The van der Waals surface area contributed by atoms with Crippen LogP contribution in [0.1, 0.15) is 15.9 Å². The molecule has 23 heavy (non-hydrogen) atoms. The molecule has 0 aliphatic heterocycles. The van der Waals surface area contributed by atoms with Gasteiger partial charge in [0, 0.05) is 0 Å². The number of halogens is 2. The molecule has 0 spiro atoms. The summed E-state index contributed by atoms with van der Waals surface area (Å²) in [5.74, 6) is -1.60. The van der Waals surface area contributed by atoms with E-state index in [-0.39, 0.29) is 27.0 Å². The molecular formula is C16H13Cl2NO4. The highest BCUT2D eigenvalue weighted by molar-refractivity contribution is 6.39. The third kappa shape index (κ3) is 4.37. The van der Waals surface area contributed by atoms with Crippen LogP contribution in [0.4, 0.5) is 5.69 Å². The van der Waals surface area contributed by atoms with Crippen LogP contribution in [0.3, 0.4) is 0 Å². The van der Waals surface area contributed by atoms with Gasteiger partial charge in [0.1, 0.15) is 11.3 Å². The fourth-order valence-electron chi connectivity index (χ4n) is 1.82. The summed E-state index contributed by atoms with van der Waals surface area (Å²) in [5, 5.41) is 12.7. The highest BCUT2D eigenvalue weighted by Crippen LogP contribution is 2.29. The molecule has 0 saturated carbocycles. The van der Waals surface area contributed by atoms with Crippen molar-refractivity contribution >= 4 is 40.8 Å². The van der Waals surface area contributed by atoms with Crippen molar-refractivity contribution in [1.29, 1.82) is 0 Å². The molecule has 0 bridgehead atoms. The molecule has 0 aliphatic rings. The van der Waals surface area contributed by atoms with Crippen LogP contribution in [-0.4, -0.2) is 23.6 Å². The molecule has 0 atom stereocenters. The van der Waals surface area contributed by atoms with Crippen LogP contribution in [0.15, 0.2) is 36.4 Å². The zero-order valence-electron chi connectivity index (χ0n) is 12.1. The van der Waals surface area contributed by atoms with Crippen LogP contribution < -0.4 is 5.32 Å². The Hall–Kier alpha value is -2.24. The van der Waals surface area contributed by atoms with Gasteiger partial charge in [0.2, 0.25) is 0 Å². The molecule has 2 rings (SSSR count). The average molecular weight is 354 g/mol. The third-order valence-corrected chi connectivity index (χ3v) is 3.56. The lowest BCUT2D eigenvalue weighted by molar-refractivity contribution is -0.119. The summed E-state index contributed by atoms with van der Waals surface area (Å²) in [5.41, 5.74) is 1.03. The number of rotatable bonds is 4. The van der Waals surface area contributed by atoms with Crippen molar-refractivity contribution in [1.82, 2.24) is 0 Å². The van der Waals surface area contributed by atoms with Crippen molar-refractivity contribution in [2.24, 2.45) is 0 Å². The van der Waals surface area contributed by atoms with Crippen LogP contribution in [0, 0.1) is 6.92 Å². The van der Waals surface area contributed by atoms with Gasteiger partial charge in [0.25, 0.3) is 5.91 Å². The number of aromatic hydroxyl groups is 1. The first-order valence-electron chi connectivity index (χ1n) is 6.59. The van der Waals surface area contributed by atoms with Gasteiger partial charge in [-0.25, -0.2) is 4.79 Å². The monoisotopic (exact) mass is 353 g/mol. The largest absolute Gasteiger partial charge is 0.507 e. The van der Waals surface area contributed by atoms with Gasteiger partial charge in [0.05, 0.1) is 15.7 Å². The molecule has 120 valence electrons. The van der Waals surface area contributed by atoms with Gasteiger partial charge in [-0.1, -0.05) is 35.3 Å². The molecular weight excluding hydrogens is 341 g/mol. The Kier molecular flexibility index (Phi) is 5.47. The van der Waals surface area contributed by atoms with Crippen LogP contribution in [-0.2, 0) is 9.53 Å². The van der Waals surface area contributed by atoms with E-state index in [2.05, 4.69) is 5.32 Å². The Balaban J connectivity index is 1.98. The molecule has 2 aromatic rings. The van der Waals surface area contributed by atoms with E-state index >= 15 is 0 Å². The van der Waals surface area contributed by atoms with Crippen molar-refractivity contribution < 1.29 is 19.4 Å². The lowest BCUT2D eigenvalue weighted by Crippen LogP contribution is -2.21. The second kappa shape index (κ2) is 7.35. The highest BCUT2D eigenvalue weighted by Gasteiger charge is 2.15. The van der Waals surface area contributed by atoms with Crippen LogP contribution >= 0.6 is 23.2 Å². The summed E-state index contributed by atoms with van der Waals surface area (Å²) in [4.78, 5) is 23.7. The zero-order valence-corrected chi connectivity index (χ0v) is 13.6. The van der Waals surface area contributed by atoms with Crippen LogP contribution in [0.5, 0.6) is 5.75 Å². The normalized spacial score (nSPS) is 10.2. The molecule has 7 heteroatoms. The number of carbonyl (C=O) groups excluding carboxylic acids is 2. The number of hydrogen-bond donors (Lipinski definition) is 2. The molecule has 2 aromatic carbocycles. The highest BCUT2D eigenvalue weighted by atomic mass is 35.5. The standard InChI is InChI=1S/C16H13Cl2NO4/c1-9-5-6-10(13(20)7-9)16(22)23-8-14(21)19-15-11(17)3-2-4-12(15)18/h2-7,20H,8H2,1H3,(H,19,21). The van der Waals surface area contributed by atoms with Crippen LogP contribution in [0.2, 0.25) is 10.0 Å². The lowest BCUT2D eigenvalue weighted by atomic mass is 10.1. The van der Waals surface area contributed by atoms with Crippen molar-refractivity contribution in [3.05, 3.63) is 57.6 Å². The molecule has 0 radical (unpaired) electrons. The Morgan fingerprint density at radius 1 is 1.17 bits per heavy atom. The molecule has 0 fully saturated rings. The number of benzene rings is 2. The quantitative estimate of drug-likeness (QED) is 0.819. The van der Waals surface area contributed by atoms with E-state index in [4.69, 9.17) is 27.9 Å². The minimum Gasteiger partial charge on any atom is -0.507 e. The summed E-state index contributed by atoms with van der Waals surface area (Å²) < 4.78 is 4.87. The minimum atomic E-state index is -0.803. The topological polar surface area (TPSA) is 75.6 Å². The summed E-state index contributed by atoms with van der Waals surface area (Å²) in [6, 6.07) is 9.29. The summed E-state index contributed by atoms with van der Waals surface area (Å²) in [6.07, 6.45) is 0. The first-order valence-corrected chi connectivity index (χ1v) is 7.34. The van der Waals surface area contributed by atoms with E-state index in [0.717, 1.165) is 5.56 Å². The Labute approximate surface area is 142 Å². The van der Waals surface area contributed by atoms with Crippen LogP contribution in [0.25, 0.3) is 0 Å². The van der Waals surface area contributed by atoms with Crippen molar-refractivity contribution in [2.75, 3.05) is 11.9 Å². The van der Waals surface area contributed by atoms with Gasteiger partial charge >= 0.3 is 5.97 Å². The maximum absolute atomic E-state index is 11.9. The fraction of sp³-hybridized carbons (Fsp3) is 0.125. The maximum atomic E-state index is 11.9. The van der Waals surface area contributed by atoms with E-state index in [1.54, 1.807) is 31.2 Å². The number of phenolic OH excluding ortho intramolecular Hbond substituents is 1. The van der Waals surface area contributed by atoms with Crippen molar-refractivity contribution in [3.8, 4) is 5.75 Å². The maximum Gasteiger partial charge on any atom is 0.342 e. The number of hydrogen-bond acceptors (Lipinski definition) is 4. The van der Waals surface area contributed by atoms with E-state index in [1.165, 1.54) is 12.1 Å². The summed E-state index contributed by atoms with van der Waals surface area (Å²) in [7, 11) is 0. The number of nitrogens with one attached hydrogen (secondary N) is 1. The molecule has 5 nitrogen and oxygen atoms in total. The van der Waals surface area contributed by atoms with Crippen molar-refractivity contribution in [3.63, 3.8) is 0 Å². The molecule has 0 aliphatic carbocycles.